The van der Waals surface area contributed by atoms with Crippen LogP contribution < -0.4 is 4.74 Å². The molecule has 0 amide bonds. The highest BCUT2D eigenvalue weighted by atomic mass is 16.5. The van der Waals surface area contributed by atoms with E-state index in [1.54, 1.807) is 0 Å². The minimum atomic E-state index is -0.148. The van der Waals surface area contributed by atoms with Crippen molar-refractivity contribution >= 4 is 5.97 Å². The molecule has 3 heteroatoms. The van der Waals surface area contributed by atoms with E-state index in [1.165, 1.54) is 25.5 Å². The fourth-order valence-electron chi connectivity index (χ4n) is 2.55. The molecule has 0 spiro atoms. The van der Waals surface area contributed by atoms with Crippen molar-refractivity contribution in [2.24, 2.45) is 0 Å². The van der Waals surface area contributed by atoms with E-state index in [4.69, 9.17) is 4.74 Å². The zero-order chi connectivity index (χ0) is 16.2. The predicted molar refractivity (Wildman–Crippen MR) is 90.2 cm³/mol. The molecule has 0 saturated carbocycles. The van der Waals surface area contributed by atoms with E-state index in [0.717, 1.165) is 37.9 Å². The van der Waals surface area contributed by atoms with Crippen LogP contribution in [0.2, 0.25) is 0 Å². The monoisotopic (exact) mass is 306 g/mol. The molecule has 124 valence electrons. The second-order valence-electron chi connectivity index (χ2n) is 5.71. The Bertz CT molecular complexity index is 428. The lowest BCUT2D eigenvalue weighted by Gasteiger charge is -2.20. The Morgan fingerprint density at radius 1 is 1.09 bits per heavy atom. The van der Waals surface area contributed by atoms with Crippen LogP contribution in [0.4, 0.5) is 0 Å². The van der Waals surface area contributed by atoms with Crippen LogP contribution in [-0.4, -0.2) is 19.2 Å². The number of benzene rings is 1. The van der Waals surface area contributed by atoms with E-state index >= 15 is 0 Å². The number of para-hydroxylation sites is 1. The van der Waals surface area contributed by atoms with Crippen molar-refractivity contribution in [2.45, 2.75) is 71.3 Å². The summed E-state index contributed by atoms with van der Waals surface area (Å²) in [4.78, 5) is 11.2. The van der Waals surface area contributed by atoms with E-state index < -0.39 is 0 Å². The lowest BCUT2D eigenvalue weighted by molar-refractivity contribution is -0.140. The second-order valence-corrected chi connectivity index (χ2v) is 5.71. The van der Waals surface area contributed by atoms with Crippen LogP contribution in [0.1, 0.15) is 64.4 Å². The van der Waals surface area contributed by atoms with Crippen LogP contribution >= 0.6 is 0 Å². The Hall–Kier alpha value is -1.51. The molecule has 22 heavy (non-hydrogen) atoms. The molecule has 0 saturated heterocycles. The highest BCUT2D eigenvalue weighted by molar-refractivity contribution is 5.69. The van der Waals surface area contributed by atoms with Gasteiger partial charge in [0.05, 0.1) is 13.2 Å². The highest BCUT2D eigenvalue weighted by Crippen LogP contribution is 2.24. The van der Waals surface area contributed by atoms with E-state index in [2.05, 4.69) is 24.7 Å². The summed E-state index contributed by atoms with van der Waals surface area (Å²) in [6.07, 6.45) is 8.14. The number of methoxy groups -OCH3 is 1. The molecule has 0 N–H and O–H groups in total. The average Bonchev–Trinajstić information content (AvgIpc) is 2.54. The first-order valence-corrected chi connectivity index (χ1v) is 8.52. The number of unbranched alkanes of at least 4 members (excludes halogenated alkanes) is 1. The molecule has 0 fully saturated rings. The maximum Gasteiger partial charge on any atom is 0.305 e. The Morgan fingerprint density at radius 3 is 2.55 bits per heavy atom. The molecule has 1 aromatic rings. The summed E-state index contributed by atoms with van der Waals surface area (Å²) in [5.74, 6) is 0.826. The van der Waals surface area contributed by atoms with Crippen molar-refractivity contribution in [2.75, 3.05) is 7.11 Å². The Balaban J connectivity index is 2.62. The second kappa shape index (κ2) is 11.1. The number of carbonyl (C=O) groups is 1. The molecule has 0 bridgehead atoms. The standard InChI is InChI=1S/C19H30O3/c1-4-6-13-17(10-5-2)22-18-14-8-7-11-16(18)12-9-15-19(20)21-3/h7-8,11,14,17H,4-6,9-10,12-13,15H2,1-3H3. The first kappa shape index (κ1) is 18.5. The molecular formula is C19H30O3. The van der Waals surface area contributed by atoms with Gasteiger partial charge in [0.25, 0.3) is 0 Å². The highest BCUT2D eigenvalue weighted by Gasteiger charge is 2.12. The molecule has 1 atom stereocenters. The Labute approximate surface area is 135 Å². The first-order valence-electron chi connectivity index (χ1n) is 8.52. The van der Waals surface area contributed by atoms with Crippen molar-refractivity contribution in [3.63, 3.8) is 0 Å². The summed E-state index contributed by atoms with van der Waals surface area (Å²) in [6.45, 7) is 4.41. The van der Waals surface area contributed by atoms with Gasteiger partial charge in [-0.25, -0.2) is 0 Å². The number of hydrogen-bond donors (Lipinski definition) is 0. The summed E-state index contributed by atoms with van der Waals surface area (Å²) >= 11 is 0. The number of hydrogen-bond acceptors (Lipinski definition) is 3. The van der Waals surface area contributed by atoms with Crippen LogP contribution in [0.15, 0.2) is 24.3 Å². The van der Waals surface area contributed by atoms with Crippen molar-refractivity contribution in [1.29, 1.82) is 0 Å². The molecule has 3 nitrogen and oxygen atoms in total. The van der Waals surface area contributed by atoms with Crippen molar-refractivity contribution in [1.82, 2.24) is 0 Å². The van der Waals surface area contributed by atoms with Gasteiger partial charge in [0.1, 0.15) is 5.75 Å². The van der Waals surface area contributed by atoms with Gasteiger partial charge in [0.15, 0.2) is 0 Å². The van der Waals surface area contributed by atoms with Crippen LogP contribution in [0, 0.1) is 0 Å². The third kappa shape index (κ3) is 6.97. The van der Waals surface area contributed by atoms with E-state index in [-0.39, 0.29) is 5.97 Å². The van der Waals surface area contributed by atoms with Crippen LogP contribution in [-0.2, 0) is 16.0 Å². The lowest BCUT2D eigenvalue weighted by atomic mass is 10.1. The topological polar surface area (TPSA) is 35.5 Å². The third-order valence-corrected chi connectivity index (χ3v) is 3.81. The summed E-state index contributed by atoms with van der Waals surface area (Å²) in [5, 5.41) is 0. The molecule has 1 unspecified atom stereocenters. The maximum absolute atomic E-state index is 11.2. The average molecular weight is 306 g/mol. The van der Waals surface area contributed by atoms with Gasteiger partial charge < -0.3 is 9.47 Å². The number of rotatable bonds is 11. The quantitative estimate of drug-likeness (QED) is 0.544. The molecule has 0 aliphatic heterocycles. The van der Waals surface area contributed by atoms with Crippen molar-refractivity contribution in [3.8, 4) is 5.75 Å². The SMILES string of the molecule is CCCCC(CCC)Oc1ccccc1CCCC(=O)OC. The fourth-order valence-corrected chi connectivity index (χ4v) is 2.55. The zero-order valence-electron chi connectivity index (χ0n) is 14.3. The Kier molecular flexibility index (Phi) is 9.36. The zero-order valence-corrected chi connectivity index (χ0v) is 14.3. The van der Waals surface area contributed by atoms with Gasteiger partial charge in [0.2, 0.25) is 0 Å². The van der Waals surface area contributed by atoms with Crippen LogP contribution in [0.5, 0.6) is 5.75 Å². The Morgan fingerprint density at radius 2 is 1.86 bits per heavy atom. The number of ether oxygens (including phenoxy) is 2. The third-order valence-electron chi connectivity index (χ3n) is 3.81. The summed E-state index contributed by atoms with van der Waals surface area (Å²) < 4.78 is 10.9. The molecule has 1 aromatic carbocycles. The molecule has 0 radical (unpaired) electrons. The van der Waals surface area contributed by atoms with Crippen LogP contribution in [0.3, 0.4) is 0 Å². The molecule has 0 aliphatic carbocycles. The minimum absolute atomic E-state index is 0.148. The van der Waals surface area contributed by atoms with Gasteiger partial charge >= 0.3 is 5.97 Å². The van der Waals surface area contributed by atoms with Gasteiger partial charge in [-0.3, -0.25) is 4.79 Å². The number of aryl methyl sites for hydroxylation is 1. The molecule has 0 heterocycles. The van der Waals surface area contributed by atoms with Crippen molar-refractivity contribution < 1.29 is 14.3 Å². The van der Waals surface area contributed by atoms with Crippen molar-refractivity contribution in [3.05, 3.63) is 29.8 Å². The van der Waals surface area contributed by atoms with Crippen LogP contribution in [0.25, 0.3) is 0 Å². The van der Waals surface area contributed by atoms with Gasteiger partial charge in [-0.05, 0) is 37.3 Å². The fraction of sp³-hybridized carbons (Fsp3) is 0.632. The van der Waals surface area contributed by atoms with Gasteiger partial charge in [-0.2, -0.15) is 0 Å². The molecular weight excluding hydrogens is 276 g/mol. The van der Waals surface area contributed by atoms with Gasteiger partial charge in [-0.1, -0.05) is 51.3 Å². The predicted octanol–water partition coefficient (Wildman–Crippen LogP) is 4.92. The lowest BCUT2D eigenvalue weighted by Crippen LogP contribution is -2.17. The minimum Gasteiger partial charge on any atom is -0.490 e. The van der Waals surface area contributed by atoms with E-state index in [0.29, 0.717) is 12.5 Å². The van der Waals surface area contributed by atoms with Gasteiger partial charge in [0, 0.05) is 6.42 Å². The smallest absolute Gasteiger partial charge is 0.305 e. The van der Waals surface area contributed by atoms with Gasteiger partial charge in [-0.15, -0.1) is 0 Å². The van der Waals surface area contributed by atoms with E-state index in [9.17, 15) is 4.79 Å². The summed E-state index contributed by atoms with van der Waals surface area (Å²) in [7, 11) is 1.43. The largest absolute Gasteiger partial charge is 0.490 e. The molecule has 0 aromatic heterocycles. The summed E-state index contributed by atoms with van der Waals surface area (Å²) in [6, 6.07) is 8.18. The molecule has 0 aliphatic rings. The number of carbonyl (C=O) groups excluding carboxylic acids is 1. The maximum atomic E-state index is 11.2. The van der Waals surface area contributed by atoms with E-state index in [1.807, 2.05) is 18.2 Å². The summed E-state index contributed by atoms with van der Waals surface area (Å²) in [5.41, 5.74) is 1.18. The number of esters is 1. The normalized spacial score (nSPS) is 12.0. The molecule has 1 rings (SSSR count). The first-order chi connectivity index (χ1) is 10.7.